The van der Waals surface area contributed by atoms with Crippen LogP contribution in [0.15, 0.2) is 6.20 Å². The van der Waals surface area contributed by atoms with Crippen molar-refractivity contribution < 1.29 is 0 Å². The van der Waals surface area contributed by atoms with Gasteiger partial charge in [-0.15, -0.1) is 0 Å². The summed E-state index contributed by atoms with van der Waals surface area (Å²) in [7, 11) is 0. The maximum atomic E-state index is 4.22. The van der Waals surface area contributed by atoms with Crippen LogP contribution in [0.1, 0.15) is 31.3 Å². The minimum atomic E-state index is 0.312. The van der Waals surface area contributed by atoms with Gasteiger partial charge in [0, 0.05) is 6.20 Å². The normalized spacial score (nSPS) is 22.0. The number of hydrogen-bond acceptors (Lipinski definition) is 4. The van der Waals surface area contributed by atoms with E-state index in [9.17, 15) is 0 Å². The molecule has 2 heterocycles. The van der Waals surface area contributed by atoms with Crippen LogP contribution in [-0.4, -0.2) is 8.75 Å². The lowest BCUT2D eigenvalue weighted by Gasteiger charge is -2.16. The number of allylic oxidation sites excluding steroid dienone is 1. The van der Waals surface area contributed by atoms with Crippen LogP contribution in [0, 0.1) is 0 Å². The first kappa shape index (κ1) is 6.79. The molecule has 0 spiro atoms. The quantitative estimate of drug-likeness (QED) is 0.637. The Hall–Kier alpha value is -0.900. The van der Waals surface area contributed by atoms with Gasteiger partial charge >= 0.3 is 0 Å². The monoisotopic (exact) mass is 167 g/mol. The van der Waals surface area contributed by atoms with E-state index in [4.69, 9.17) is 0 Å². The van der Waals surface area contributed by atoms with E-state index in [0.29, 0.717) is 6.04 Å². The average Bonchev–Trinajstić information content (AvgIpc) is 2.45. The molecule has 1 N–H and O–H groups in total. The molecule has 3 nitrogen and oxygen atoms in total. The van der Waals surface area contributed by atoms with Gasteiger partial charge in [0.15, 0.2) is 0 Å². The Labute approximate surface area is 69.5 Å². The SMILES string of the molecule is CC1=CNC(C)c2nsnc21. The minimum Gasteiger partial charge on any atom is -0.382 e. The van der Waals surface area contributed by atoms with Gasteiger partial charge in [-0.1, -0.05) is 0 Å². The van der Waals surface area contributed by atoms with E-state index < -0.39 is 0 Å². The standard InChI is InChI=1S/C7H9N3S/c1-4-3-8-5(2)7-6(4)9-11-10-7/h3,5,8H,1-2H3. The third kappa shape index (κ3) is 0.939. The number of rotatable bonds is 0. The van der Waals surface area contributed by atoms with Crippen molar-refractivity contribution >= 4 is 17.3 Å². The third-order valence-electron chi connectivity index (χ3n) is 1.85. The second-order valence-corrected chi connectivity index (χ2v) is 3.24. The Bertz CT molecular complexity index is 302. The zero-order valence-electron chi connectivity index (χ0n) is 6.46. The first-order valence-corrected chi connectivity index (χ1v) is 4.27. The molecule has 0 fully saturated rings. The average molecular weight is 167 g/mol. The van der Waals surface area contributed by atoms with Gasteiger partial charge in [-0.25, -0.2) is 0 Å². The molecule has 1 atom stereocenters. The summed E-state index contributed by atoms with van der Waals surface area (Å²) < 4.78 is 8.43. The highest BCUT2D eigenvalue weighted by Crippen LogP contribution is 2.25. The Morgan fingerprint density at radius 1 is 1.55 bits per heavy atom. The van der Waals surface area contributed by atoms with Gasteiger partial charge in [0.1, 0.15) is 11.4 Å². The fraction of sp³-hybridized carbons (Fsp3) is 0.429. The molecular formula is C7H9N3S. The first-order valence-electron chi connectivity index (χ1n) is 3.54. The van der Waals surface area contributed by atoms with Crippen molar-refractivity contribution in [2.45, 2.75) is 19.9 Å². The minimum absolute atomic E-state index is 0.312. The van der Waals surface area contributed by atoms with E-state index in [-0.39, 0.29) is 0 Å². The van der Waals surface area contributed by atoms with Gasteiger partial charge in [0.2, 0.25) is 0 Å². The molecule has 0 aromatic carbocycles. The van der Waals surface area contributed by atoms with Gasteiger partial charge in [-0.05, 0) is 19.4 Å². The van der Waals surface area contributed by atoms with E-state index in [0.717, 1.165) is 11.4 Å². The molecule has 1 unspecified atom stereocenters. The molecule has 58 valence electrons. The van der Waals surface area contributed by atoms with E-state index >= 15 is 0 Å². The maximum Gasteiger partial charge on any atom is 0.107 e. The van der Waals surface area contributed by atoms with Crippen molar-refractivity contribution in [1.29, 1.82) is 0 Å². The molecule has 0 saturated carbocycles. The molecule has 0 amide bonds. The van der Waals surface area contributed by atoms with E-state index in [2.05, 4.69) is 21.0 Å². The summed E-state index contributed by atoms with van der Waals surface area (Å²) in [5.41, 5.74) is 3.31. The van der Waals surface area contributed by atoms with Crippen LogP contribution in [0.5, 0.6) is 0 Å². The zero-order valence-corrected chi connectivity index (χ0v) is 7.27. The summed E-state index contributed by atoms with van der Waals surface area (Å²) in [4.78, 5) is 0. The molecule has 1 aromatic rings. The molecule has 4 heteroatoms. The highest BCUT2D eigenvalue weighted by molar-refractivity contribution is 6.99. The number of hydrogen-bond donors (Lipinski definition) is 1. The first-order chi connectivity index (χ1) is 5.29. The molecule has 1 aromatic heterocycles. The fourth-order valence-corrected chi connectivity index (χ4v) is 1.84. The van der Waals surface area contributed by atoms with Crippen molar-refractivity contribution in [2.75, 3.05) is 0 Å². The number of nitrogens with zero attached hydrogens (tertiary/aromatic N) is 2. The molecule has 11 heavy (non-hydrogen) atoms. The van der Waals surface area contributed by atoms with Crippen molar-refractivity contribution in [2.24, 2.45) is 0 Å². The molecule has 0 saturated heterocycles. The summed E-state index contributed by atoms with van der Waals surface area (Å²) >= 11 is 1.28. The molecule has 0 aliphatic carbocycles. The third-order valence-corrected chi connectivity index (χ3v) is 2.39. The molecule has 1 aliphatic heterocycles. The topological polar surface area (TPSA) is 37.8 Å². The van der Waals surface area contributed by atoms with Gasteiger partial charge < -0.3 is 5.32 Å². The largest absolute Gasteiger partial charge is 0.382 e. The van der Waals surface area contributed by atoms with Crippen molar-refractivity contribution in [3.63, 3.8) is 0 Å². The highest BCUT2D eigenvalue weighted by atomic mass is 32.1. The van der Waals surface area contributed by atoms with E-state index in [1.807, 2.05) is 13.1 Å². The van der Waals surface area contributed by atoms with Crippen LogP contribution in [0.4, 0.5) is 0 Å². The molecule has 2 rings (SSSR count). The molecule has 0 radical (unpaired) electrons. The van der Waals surface area contributed by atoms with Crippen molar-refractivity contribution in [3.8, 4) is 0 Å². The van der Waals surface area contributed by atoms with Crippen LogP contribution >= 0.6 is 11.7 Å². The summed E-state index contributed by atoms with van der Waals surface area (Å²) in [6, 6.07) is 0.312. The molecule has 0 bridgehead atoms. The van der Waals surface area contributed by atoms with Crippen molar-refractivity contribution in [3.05, 3.63) is 17.6 Å². The lowest BCUT2D eigenvalue weighted by atomic mass is 10.1. The number of nitrogens with one attached hydrogen (secondary N) is 1. The van der Waals surface area contributed by atoms with E-state index in [1.54, 1.807) is 0 Å². The highest BCUT2D eigenvalue weighted by Gasteiger charge is 2.19. The lowest BCUT2D eigenvalue weighted by molar-refractivity contribution is 0.658. The van der Waals surface area contributed by atoms with Crippen LogP contribution in [0.25, 0.3) is 5.57 Å². The summed E-state index contributed by atoms with van der Waals surface area (Å²) in [5, 5.41) is 3.22. The van der Waals surface area contributed by atoms with Gasteiger partial charge in [-0.3, -0.25) is 0 Å². The molecular weight excluding hydrogens is 158 g/mol. The zero-order chi connectivity index (χ0) is 7.84. The Morgan fingerprint density at radius 2 is 2.36 bits per heavy atom. The number of fused-ring (bicyclic) bond motifs is 1. The van der Waals surface area contributed by atoms with Crippen LogP contribution in [-0.2, 0) is 0 Å². The van der Waals surface area contributed by atoms with Crippen LogP contribution in [0.2, 0.25) is 0 Å². The predicted molar refractivity (Wildman–Crippen MR) is 45.1 cm³/mol. The Kier molecular flexibility index (Phi) is 1.42. The fourth-order valence-electron chi connectivity index (χ4n) is 1.15. The van der Waals surface area contributed by atoms with Gasteiger partial charge in [-0.2, -0.15) is 8.75 Å². The number of aromatic nitrogens is 2. The maximum absolute atomic E-state index is 4.22. The van der Waals surface area contributed by atoms with Gasteiger partial charge in [0.05, 0.1) is 17.8 Å². The predicted octanol–water partition coefficient (Wildman–Crippen LogP) is 1.56. The van der Waals surface area contributed by atoms with Crippen molar-refractivity contribution in [1.82, 2.24) is 14.1 Å². The van der Waals surface area contributed by atoms with Crippen LogP contribution in [0.3, 0.4) is 0 Å². The second-order valence-electron chi connectivity index (χ2n) is 2.71. The van der Waals surface area contributed by atoms with Gasteiger partial charge in [0.25, 0.3) is 0 Å². The lowest BCUT2D eigenvalue weighted by Crippen LogP contribution is -2.18. The van der Waals surface area contributed by atoms with Crippen LogP contribution < -0.4 is 5.32 Å². The Morgan fingerprint density at radius 3 is 3.09 bits per heavy atom. The second kappa shape index (κ2) is 2.30. The smallest absolute Gasteiger partial charge is 0.107 e. The summed E-state index contributed by atoms with van der Waals surface area (Å²) in [6.07, 6.45) is 1.99. The summed E-state index contributed by atoms with van der Waals surface area (Å²) in [5.74, 6) is 0. The summed E-state index contributed by atoms with van der Waals surface area (Å²) in [6.45, 7) is 4.13. The molecule has 1 aliphatic rings. The van der Waals surface area contributed by atoms with E-state index in [1.165, 1.54) is 17.3 Å². The Balaban J connectivity index is 2.55.